The van der Waals surface area contributed by atoms with Gasteiger partial charge in [0.05, 0.1) is 0 Å². The van der Waals surface area contributed by atoms with Gasteiger partial charge in [0.1, 0.15) is 23.9 Å². The van der Waals surface area contributed by atoms with Crippen molar-refractivity contribution in [3.63, 3.8) is 0 Å². The minimum atomic E-state index is -0.675. The summed E-state index contributed by atoms with van der Waals surface area (Å²) >= 11 is 0. The molecule has 146 valence electrons. The third-order valence-corrected chi connectivity index (χ3v) is 4.80. The molecule has 0 bridgehead atoms. The molecule has 0 unspecified atom stereocenters. The Kier molecular flexibility index (Phi) is 4.70. The molecule has 1 aromatic carbocycles. The monoisotopic (exact) mass is 386 g/mol. The maximum absolute atomic E-state index is 13.3. The molecular weight excluding hydrogens is 366 g/mol. The quantitative estimate of drug-likeness (QED) is 0.702. The van der Waals surface area contributed by atoms with Crippen LogP contribution in [0.4, 0.5) is 8.78 Å². The number of benzene rings is 1. The maximum Gasteiger partial charge on any atom is 0.274 e. The van der Waals surface area contributed by atoms with Gasteiger partial charge in [0, 0.05) is 24.2 Å². The average Bonchev–Trinajstić information content (AvgIpc) is 3.30. The fourth-order valence-corrected chi connectivity index (χ4v) is 3.29. The van der Waals surface area contributed by atoms with Crippen molar-refractivity contribution in [2.24, 2.45) is 0 Å². The van der Waals surface area contributed by atoms with E-state index in [0.717, 1.165) is 30.2 Å². The molecule has 0 aliphatic heterocycles. The summed E-state index contributed by atoms with van der Waals surface area (Å²) in [5, 5.41) is 6.74. The smallest absolute Gasteiger partial charge is 0.274 e. The normalized spacial score (nSPS) is 13.7. The largest absolute Gasteiger partial charge is 0.350 e. The second-order valence-corrected chi connectivity index (χ2v) is 7.19. The van der Waals surface area contributed by atoms with Crippen molar-refractivity contribution in [2.45, 2.75) is 45.7 Å². The van der Waals surface area contributed by atoms with Gasteiger partial charge in [-0.2, -0.15) is 4.98 Å². The van der Waals surface area contributed by atoms with Crippen LogP contribution in [0.25, 0.3) is 11.6 Å². The number of nitrogens with zero attached hydrogens (tertiary/aromatic N) is 3. The van der Waals surface area contributed by atoms with Crippen LogP contribution in [-0.2, 0) is 17.9 Å². The van der Waals surface area contributed by atoms with Crippen LogP contribution in [0.2, 0.25) is 0 Å². The molecule has 2 aromatic heterocycles. The van der Waals surface area contributed by atoms with Crippen molar-refractivity contribution in [1.29, 1.82) is 0 Å². The highest BCUT2D eigenvalue weighted by atomic mass is 19.1. The first kappa shape index (κ1) is 18.3. The van der Waals surface area contributed by atoms with Crippen LogP contribution in [0, 0.1) is 25.5 Å². The predicted octanol–water partition coefficient (Wildman–Crippen LogP) is 3.63. The molecule has 3 aromatic rings. The van der Waals surface area contributed by atoms with Gasteiger partial charge in [0.2, 0.25) is 5.91 Å². The molecule has 1 aliphatic carbocycles. The van der Waals surface area contributed by atoms with Crippen LogP contribution >= 0.6 is 0 Å². The molecule has 1 aliphatic rings. The summed E-state index contributed by atoms with van der Waals surface area (Å²) in [5.41, 5.74) is 2.88. The maximum atomic E-state index is 13.3. The number of rotatable bonds is 6. The number of carbonyl (C=O) groups is 1. The number of nitrogens with one attached hydrogen (secondary N) is 1. The van der Waals surface area contributed by atoms with Crippen LogP contribution < -0.4 is 5.32 Å². The minimum Gasteiger partial charge on any atom is -0.350 e. The molecular formula is C20H20F2N4O2. The molecule has 0 spiro atoms. The number of carbonyl (C=O) groups excluding carboxylic acids is 1. The molecule has 0 radical (unpaired) electrons. The summed E-state index contributed by atoms with van der Waals surface area (Å²) in [4.78, 5) is 16.9. The highest BCUT2D eigenvalue weighted by molar-refractivity contribution is 5.77. The Balaban J connectivity index is 1.50. The molecule has 2 heterocycles. The summed E-state index contributed by atoms with van der Waals surface area (Å²) in [6.07, 6.45) is 2.14. The fraction of sp³-hybridized carbons (Fsp3) is 0.350. The number of halogens is 2. The Morgan fingerprint density at radius 3 is 2.61 bits per heavy atom. The third-order valence-electron chi connectivity index (χ3n) is 4.80. The van der Waals surface area contributed by atoms with Crippen LogP contribution in [0.15, 0.2) is 28.8 Å². The van der Waals surface area contributed by atoms with E-state index in [2.05, 4.69) is 15.5 Å². The van der Waals surface area contributed by atoms with E-state index in [1.54, 1.807) is 4.57 Å². The van der Waals surface area contributed by atoms with Crippen molar-refractivity contribution < 1.29 is 18.1 Å². The van der Waals surface area contributed by atoms with E-state index in [1.807, 2.05) is 19.9 Å². The number of aromatic nitrogens is 3. The Morgan fingerprint density at radius 1 is 1.21 bits per heavy atom. The van der Waals surface area contributed by atoms with E-state index in [4.69, 9.17) is 4.52 Å². The van der Waals surface area contributed by atoms with Gasteiger partial charge in [-0.3, -0.25) is 4.79 Å². The van der Waals surface area contributed by atoms with Crippen molar-refractivity contribution in [3.05, 3.63) is 58.5 Å². The van der Waals surface area contributed by atoms with Gasteiger partial charge in [0.25, 0.3) is 5.89 Å². The first-order valence-corrected chi connectivity index (χ1v) is 9.13. The Labute approximate surface area is 160 Å². The van der Waals surface area contributed by atoms with Crippen molar-refractivity contribution in [1.82, 2.24) is 20.0 Å². The van der Waals surface area contributed by atoms with Gasteiger partial charge < -0.3 is 14.4 Å². The third kappa shape index (κ3) is 3.81. The zero-order valence-electron chi connectivity index (χ0n) is 15.6. The molecule has 28 heavy (non-hydrogen) atoms. The van der Waals surface area contributed by atoms with E-state index < -0.39 is 11.6 Å². The molecule has 1 amide bonds. The molecule has 0 saturated heterocycles. The van der Waals surface area contributed by atoms with Gasteiger partial charge in [-0.05, 0) is 56.0 Å². The van der Waals surface area contributed by atoms with Gasteiger partial charge in [-0.1, -0.05) is 5.16 Å². The van der Waals surface area contributed by atoms with E-state index in [9.17, 15) is 13.6 Å². The zero-order chi connectivity index (χ0) is 19.8. The van der Waals surface area contributed by atoms with Crippen LogP contribution in [-0.4, -0.2) is 20.6 Å². The van der Waals surface area contributed by atoms with Crippen molar-refractivity contribution >= 4 is 5.91 Å². The summed E-state index contributed by atoms with van der Waals surface area (Å²) in [7, 11) is 0. The second-order valence-electron chi connectivity index (χ2n) is 7.19. The standard InChI is InChI=1S/C20H20F2N4O2/c1-11-5-12(2)26(18(11)20-24-19(25-28-20)14-3-4-14)10-17(27)23-9-13-6-15(21)8-16(22)7-13/h5-8,14H,3-4,9-10H2,1-2H3,(H,23,27). The molecule has 6 nitrogen and oxygen atoms in total. The number of hydrogen-bond acceptors (Lipinski definition) is 4. The van der Waals surface area contributed by atoms with Gasteiger partial charge >= 0.3 is 0 Å². The van der Waals surface area contributed by atoms with Crippen molar-refractivity contribution in [2.75, 3.05) is 0 Å². The lowest BCUT2D eigenvalue weighted by atomic mass is 10.2. The first-order chi connectivity index (χ1) is 13.4. The van der Waals surface area contributed by atoms with E-state index in [0.29, 0.717) is 28.9 Å². The van der Waals surface area contributed by atoms with E-state index in [1.165, 1.54) is 12.1 Å². The topological polar surface area (TPSA) is 73.0 Å². The number of amides is 1. The van der Waals surface area contributed by atoms with Crippen LogP contribution in [0.1, 0.15) is 41.4 Å². The molecule has 0 atom stereocenters. The van der Waals surface area contributed by atoms with Crippen LogP contribution in [0.3, 0.4) is 0 Å². The molecule has 1 N–H and O–H groups in total. The zero-order valence-corrected chi connectivity index (χ0v) is 15.6. The van der Waals surface area contributed by atoms with E-state index >= 15 is 0 Å². The molecule has 8 heteroatoms. The van der Waals surface area contributed by atoms with Gasteiger partial charge in [-0.15, -0.1) is 0 Å². The number of aryl methyl sites for hydroxylation is 2. The molecule has 4 rings (SSSR count). The fourth-order valence-electron chi connectivity index (χ4n) is 3.29. The van der Waals surface area contributed by atoms with Gasteiger partial charge in [0.15, 0.2) is 5.82 Å². The highest BCUT2D eigenvalue weighted by Gasteiger charge is 2.30. The Bertz CT molecular complexity index is 1020. The average molecular weight is 386 g/mol. The Hall–Kier alpha value is -3.03. The Morgan fingerprint density at radius 2 is 1.93 bits per heavy atom. The summed E-state index contributed by atoms with van der Waals surface area (Å²) in [6.45, 7) is 3.89. The number of hydrogen-bond donors (Lipinski definition) is 1. The molecule has 1 fully saturated rings. The van der Waals surface area contributed by atoms with Gasteiger partial charge in [-0.25, -0.2) is 8.78 Å². The van der Waals surface area contributed by atoms with Crippen molar-refractivity contribution in [3.8, 4) is 11.6 Å². The minimum absolute atomic E-state index is 0.0357. The predicted molar refractivity (Wildman–Crippen MR) is 97.4 cm³/mol. The highest BCUT2D eigenvalue weighted by Crippen LogP contribution is 2.39. The summed E-state index contributed by atoms with van der Waals surface area (Å²) in [6, 6.07) is 5.13. The lowest BCUT2D eigenvalue weighted by molar-refractivity contribution is -0.121. The molecule has 1 saturated carbocycles. The SMILES string of the molecule is Cc1cc(C)n(CC(=O)NCc2cc(F)cc(F)c2)c1-c1nc(C2CC2)no1. The first-order valence-electron chi connectivity index (χ1n) is 9.13. The van der Waals surface area contributed by atoms with E-state index in [-0.39, 0.29) is 19.0 Å². The lowest BCUT2D eigenvalue weighted by Gasteiger charge is -2.11. The summed E-state index contributed by atoms with van der Waals surface area (Å²) < 4.78 is 33.8. The lowest BCUT2D eigenvalue weighted by Crippen LogP contribution is -2.27. The summed E-state index contributed by atoms with van der Waals surface area (Å²) in [5.74, 6) is -0.161. The van der Waals surface area contributed by atoms with Crippen LogP contribution in [0.5, 0.6) is 0 Å². The second kappa shape index (κ2) is 7.18.